The van der Waals surface area contributed by atoms with Gasteiger partial charge in [0.1, 0.15) is 5.75 Å². The molecule has 0 heterocycles. The maximum atomic E-state index is 5.63. The molecule has 2 atom stereocenters. The number of hydrogen-bond acceptors (Lipinski definition) is 2. The highest BCUT2D eigenvalue weighted by atomic mass is 16.5. The average Bonchev–Trinajstić information content (AvgIpc) is 2.72. The molecule has 2 heteroatoms. The molecule has 1 saturated carbocycles. The van der Waals surface area contributed by atoms with Gasteiger partial charge < -0.3 is 10.1 Å². The summed E-state index contributed by atoms with van der Waals surface area (Å²) < 4.78 is 5.63. The molecule has 2 nitrogen and oxygen atoms in total. The minimum absolute atomic E-state index is 0.635. The first-order valence-corrected chi connectivity index (χ1v) is 8.68. The van der Waals surface area contributed by atoms with E-state index in [0.717, 1.165) is 30.6 Å². The van der Waals surface area contributed by atoms with Gasteiger partial charge in [0.05, 0.1) is 6.61 Å². The fourth-order valence-electron chi connectivity index (χ4n) is 3.24. The Kier molecular flexibility index (Phi) is 6.41. The van der Waals surface area contributed by atoms with Gasteiger partial charge >= 0.3 is 0 Å². The Labute approximate surface area is 130 Å². The van der Waals surface area contributed by atoms with Crippen LogP contribution in [0.25, 0.3) is 0 Å². The van der Waals surface area contributed by atoms with Crippen molar-refractivity contribution in [1.29, 1.82) is 0 Å². The van der Waals surface area contributed by atoms with Crippen LogP contribution in [0.15, 0.2) is 24.3 Å². The van der Waals surface area contributed by atoms with Crippen LogP contribution in [0.1, 0.15) is 59.3 Å². The van der Waals surface area contributed by atoms with E-state index in [1.54, 1.807) is 0 Å². The van der Waals surface area contributed by atoms with Crippen LogP contribution in [0.4, 0.5) is 5.69 Å². The van der Waals surface area contributed by atoms with Gasteiger partial charge in [-0.3, -0.25) is 0 Å². The van der Waals surface area contributed by atoms with Gasteiger partial charge in [0.25, 0.3) is 0 Å². The molecule has 1 aromatic carbocycles. The Balaban J connectivity index is 1.83. The number of nitrogens with one attached hydrogen (secondary N) is 1. The molecule has 0 bridgehead atoms. The topological polar surface area (TPSA) is 21.3 Å². The molecule has 118 valence electrons. The molecular formula is C19H31NO. The number of hydrogen-bond donors (Lipinski definition) is 1. The Morgan fingerprint density at radius 1 is 1.10 bits per heavy atom. The molecule has 1 N–H and O–H groups in total. The van der Waals surface area contributed by atoms with Crippen LogP contribution in [-0.2, 0) is 0 Å². The summed E-state index contributed by atoms with van der Waals surface area (Å²) in [6, 6.07) is 9.08. The number of benzene rings is 1. The first kappa shape index (κ1) is 16.2. The maximum absolute atomic E-state index is 5.63. The Bertz CT molecular complexity index is 399. The minimum Gasteiger partial charge on any atom is -0.494 e. The first-order valence-electron chi connectivity index (χ1n) is 8.68. The van der Waals surface area contributed by atoms with Crippen LogP contribution in [-0.4, -0.2) is 12.6 Å². The molecule has 1 aliphatic carbocycles. The third-order valence-electron chi connectivity index (χ3n) is 4.65. The second kappa shape index (κ2) is 8.31. The third-order valence-corrected chi connectivity index (χ3v) is 4.65. The van der Waals surface area contributed by atoms with Gasteiger partial charge in [0.15, 0.2) is 0 Å². The lowest BCUT2D eigenvalue weighted by Gasteiger charge is -2.20. The summed E-state index contributed by atoms with van der Waals surface area (Å²) in [6.07, 6.45) is 7.79. The average molecular weight is 289 g/mol. The van der Waals surface area contributed by atoms with Gasteiger partial charge in [-0.2, -0.15) is 0 Å². The molecule has 1 aromatic rings. The molecule has 21 heavy (non-hydrogen) atoms. The summed E-state index contributed by atoms with van der Waals surface area (Å²) in [7, 11) is 0. The van der Waals surface area contributed by atoms with Crippen LogP contribution >= 0.6 is 0 Å². The monoisotopic (exact) mass is 289 g/mol. The van der Waals surface area contributed by atoms with E-state index in [9.17, 15) is 0 Å². The Morgan fingerprint density at radius 2 is 1.86 bits per heavy atom. The van der Waals surface area contributed by atoms with Crippen molar-refractivity contribution in [3.05, 3.63) is 24.3 Å². The fourth-order valence-corrected chi connectivity index (χ4v) is 3.24. The molecule has 1 aliphatic rings. The largest absolute Gasteiger partial charge is 0.494 e. The fraction of sp³-hybridized carbons (Fsp3) is 0.684. The first-order chi connectivity index (χ1) is 10.2. The summed E-state index contributed by atoms with van der Waals surface area (Å²) in [6.45, 7) is 7.67. The highest BCUT2D eigenvalue weighted by Crippen LogP contribution is 2.30. The van der Waals surface area contributed by atoms with Crippen molar-refractivity contribution >= 4 is 5.69 Å². The molecular weight excluding hydrogens is 258 g/mol. The van der Waals surface area contributed by atoms with Gasteiger partial charge in [0, 0.05) is 11.7 Å². The highest BCUT2D eigenvalue weighted by molar-refractivity contribution is 5.47. The smallest absolute Gasteiger partial charge is 0.119 e. The van der Waals surface area contributed by atoms with Crippen LogP contribution in [0.5, 0.6) is 5.75 Å². The minimum atomic E-state index is 0.635. The molecule has 2 rings (SSSR count). The predicted molar refractivity (Wildman–Crippen MR) is 91.1 cm³/mol. The second-order valence-corrected chi connectivity index (χ2v) is 6.73. The molecule has 0 spiro atoms. The van der Waals surface area contributed by atoms with Crippen LogP contribution in [0, 0.1) is 11.8 Å². The van der Waals surface area contributed by atoms with E-state index in [2.05, 4.69) is 50.4 Å². The van der Waals surface area contributed by atoms with Crippen molar-refractivity contribution in [3.63, 3.8) is 0 Å². The van der Waals surface area contributed by atoms with E-state index in [0.29, 0.717) is 6.04 Å². The predicted octanol–water partition coefficient (Wildman–Crippen LogP) is 5.49. The third kappa shape index (κ3) is 5.26. The molecule has 0 radical (unpaired) electrons. The molecule has 0 saturated heterocycles. The maximum Gasteiger partial charge on any atom is 0.119 e. The van der Waals surface area contributed by atoms with E-state index in [-0.39, 0.29) is 0 Å². The number of ether oxygens (including phenoxy) is 1. The van der Waals surface area contributed by atoms with E-state index >= 15 is 0 Å². The van der Waals surface area contributed by atoms with Crippen molar-refractivity contribution in [2.75, 3.05) is 11.9 Å². The van der Waals surface area contributed by atoms with Crippen LogP contribution in [0.3, 0.4) is 0 Å². The van der Waals surface area contributed by atoms with E-state index < -0.39 is 0 Å². The van der Waals surface area contributed by atoms with Gasteiger partial charge in [-0.05, 0) is 61.8 Å². The molecule has 0 aliphatic heterocycles. The van der Waals surface area contributed by atoms with E-state index in [4.69, 9.17) is 4.74 Å². The van der Waals surface area contributed by atoms with Crippen molar-refractivity contribution in [1.82, 2.24) is 0 Å². The van der Waals surface area contributed by atoms with Gasteiger partial charge in [-0.15, -0.1) is 0 Å². The lowest BCUT2D eigenvalue weighted by atomic mass is 9.89. The van der Waals surface area contributed by atoms with Gasteiger partial charge in [-0.1, -0.05) is 33.6 Å². The molecule has 0 aromatic heterocycles. The lowest BCUT2D eigenvalue weighted by Crippen LogP contribution is -2.18. The summed E-state index contributed by atoms with van der Waals surface area (Å²) in [5.41, 5.74) is 1.23. The van der Waals surface area contributed by atoms with Gasteiger partial charge in [0.2, 0.25) is 0 Å². The van der Waals surface area contributed by atoms with Crippen molar-refractivity contribution < 1.29 is 4.74 Å². The zero-order valence-electron chi connectivity index (χ0n) is 13.9. The van der Waals surface area contributed by atoms with Crippen LogP contribution < -0.4 is 10.1 Å². The summed E-state index contributed by atoms with van der Waals surface area (Å²) >= 11 is 0. The van der Waals surface area contributed by atoms with Crippen molar-refractivity contribution in [2.24, 2.45) is 11.8 Å². The van der Waals surface area contributed by atoms with Gasteiger partial charge in [-0.25, -0.2) is 0 Å². The Hall–Kier alpha value is -1.18. The molecule has 1 fully saturated rings. The number of anilines is 1. The quantitative estimate of drug-likeness (QED) is 0.699. The lowest BCUT2D eigenvalue weighted by molar-refractivity contribution is 0.317. The van der Waals surface area contributed by atoms with Crippen LogP contribution in [0.2, 0.25) is 0 Å². The van der Waals surface area contributed by atoms with E-state index in [1.807, 2.05) is 0 Å². The zero-order valence-corrected chi connectivity index (χ0v) is 13.9. The Morgan fingerprint density at radius 3 is 2.52 bits per heavy atom. The SMILES string of the molecule is CCCOc1ccc(NC2CCCC(C(C)C)CC2)cc1. The normalized spacial score (nSPS) is 22.9. The summed E-state index contributed by atoms with van der Waals surface area (Å²) in [4.78, 5) is 0. The second-order valence-electron chi connectivity index (χ2n) is 6.73. The summed E-state index contributed by atoms with van der Waals surface area (Å²) in [5.74, 6) is 2.73. The standard InChI is InChI=1S/C19H31NO/c1-4-14-21-19-12-10-18(11-13-19)20-17-7-5-6-16(8-9-17)15(2)3/h10-13,15-17,20H,4-9,14H2,1-3H3. The molecule has 0 amide bonds. The highest BCUT2D eigenvalue weighted by Gasteiger charge is 2.20. The van der Waals surface area contributed by atoms with Crippen molar-refractivity contribution in [3.8, 4) is 5.75 Å². The zero-order chi connectivity index (χ0) is 15.1. The molecule has 2 unspecified atom stereocenters. The van der Waals surface area contributed by atoms with Crippen molar-refractivity contribution in [2.45, 2.75) is 65.3 Å². The summed E-state index contributed by atoms with van der Waals surface area (Å²) in [5, 5.41) is 3.71. The number of rotatable bonds is 6. The van der Waals surface area contributed by atoms with E-state index in [1.165, 1.54) is 37.8 Å².